The van der Waals surface area contributed by atoms with Crippen LogP contribution < -0.4 is 0 Å². The van der Waals surface area contributed by atoms with Crippen molar-refractivity contribution in [2.45, 2.75) is 90.1 Å². The third kappa shape index (κ3) is 2.06. The first-order chi connectivity index (χ1) is 11.0. The highest BCUT2D eigenvalue weighted by Crippen LogP contribution is 2.69. The molecule has 2 bridgehead atoms. The van der Waals surface area contributed by atoms with Crippen LogP contribution in [0.3, 0.4) is 0 Å². The molecule has 0 radical (unpaired) electrons. The van der Waals surface area contributed by atoms with Gasteiger partial charge in [0.2, 0.25) is 0 Å². The molecule has 2 aliphatic heterocycles. The smallest absolute Gasteiger partial charge is 0.174 e. The predicted molar refractivity (Wildman–Crippen MR) is 92.3 cm³/mol. The Hall–Kier alpha value is -0.710. The Labute approximate surface area is 145 Å². The minimum atomic E-state index is -1.39. The number of rotatable bonds is 4. The van der Waals surface area contributed by atoms with Gasteiger partial charge in [-0.2, -0.15) is 0 Å². The van der Waals surface area contributed by atoms with E-state index in [1.165, 1.54) is 0 Å². The van der Waals surface area contributed by atoms with Crippen LogP contribution in [0.15, 0.2) is 12.2 Å². The van der Waals surface area contributed by atoms with Crippen molar-refractivity contribution in [1.82, 2.24) is 0 Å². The first kappa shape index (κ1) is 18.1. The molecule has 136 valence electrons. The van der Waals surface area contributed by atoms with E-state index in [9.17, 15) is 15.0 Å². The molecule has 5 atom stereocenters. The van der Waals surface area contributed by atoms with Crippen LogP contribution in [-0.4, -0.2) is 33.5 Å². The molecule has 0 aromatic rings. The molecule has 24 heavy (non-hydrogen) atoms. The van der Waals surface area contributed by atoms with Crippen LogP contribution in [0, 0.1) is 16.7 Å². The number of hydrogen-bond donors (Lipinski definition) is 2. The summed E-state index contributed by atoms with van der Waals surface area (Å²) in [4.78, 5) is 12.1. The molecule has 2 heterocycles. The molecule has 2 saturated heterocycles. The summed E-state index contributed by atoms with van der Waals surface area (Å²) in [6, 6.07) is 0. The van der Waals surface area contributed by atoms with Crippen molar-refractivity contribution in [3.05, 3.63) is 12.2 Å². The van der Waals surface area contributed by atoms with Crippen LogP contribution in [0.5, 0.6) is 0 Å². The molecule has 1 aliphatic carbocycles. The lowest BCUT2D eigenvalue weighted by molar-refractivity contribution is -0.304. The lowest BCUT2D eigenvalue weighted by Crippen LogP contribution is -2.59. The van der Waals surface area contributed by atoms with E-state index in [-0.39, 0.29) is 17.1 Å². The molecule has 0 aromatic carbocycles. The lowest BCUT2D eigenvalue weighted by Gasteiger charge is -2.55. The normalized spacial score (nSPS) is 47.8. The van der Waals surface area contributed by atoms with Crippen molar-refractivity contribution in [2.75, 3.05) is 0 Å². The molecule has 0 aromatic heterocycles. The maximum Gasteiger partial charge on any atom is 0.174 e. The number of Topliss-reactive ketones (excluding diaryl/α,β-unsaturated/α-hetero) is 1. The van der Waals surface area contributed by atoms with E-state index in [1.807, 2.05) is 20.8 Å². The van der Waals surface area contributed by atoms with Crippen molar-refractivity contribution in [1.29, 1.82) is 0 Å². The van der Waals surface area contributed by atoms with Gasteiger partial charge in [-0.25, -0.2) is 0 Å². The maximum atomic E-state index is 12.1. The van der Waals surface area contributed by atoms with Crippen LogP contribution in [0.2, 0.25) is 0 Å². The van der Waals surface area contributed by atoms with Gasteiger partial charge in [0, 0.05) is 24.2 Å². The molecule has 3 rings (SSSR count). The summed E-state index contributed by atoms with van der Waals surface area (Å²) in [5.41, 5.74) is -1.03. The van der Waals surface area contributed by atoms with Crippen LogP contribution in [0.4, 0.5) is 0 Å². The van der Waals surface area contributed by atoms with Crippen molar-refractivity contribution < 1.29 is 19.7 Å². The van der Waals surface area contributed by atoms with Gasteiger partial charge in [0.25, 0.3) is 0 Å². The number of hydrogen-bond acceptors (Lipinski definition) is 4. The van der Waals surface area contributed by atoms with Gasteiger partial charge in [-0.05, 0) is 37.7 Å². The molecule has 1 saturated carbocycles. The number of aliphatic hydroxyl groups is 2. The summed E-state index contributed by atoms with van der Waals surface area (Å²) in [6.45, 7) is 12.0. The summed E-state index contributed by atoms with van der Waals surface area (Å²) in [5, 5.41) is 22.7. The molecule has 4 heteroatoms. The molecule has 1 spiro atoms. The van der Waals surface area contributed by atoms with E-state index in [4.69, 9.17) is 4.74 Å². The van der Waals surface area contributed by atoms with E-state index in [1.54, 1.807) is 0 Å². The second-order valence-corrected chi connectivity index (χ2v) is 9.08. The molecule has 3 fully saturated rings. The second kappa shape index (κ2) is 5.39. The number of ketones is 1. The zero-order chi connectivity index (χ0) is 18.0. The number of carbonyl (C=O) groups excluding carboxylic acids is 1. The monoisotopic (exact) mass is 336 g/mol. The summed E-state index contributed by atoms with van der Waals surface area (Å²) >= 11 is 0. The Kier molecular flexibility index (Phi) is 4.06. The minimum absolute atomic E-state index is 0.0323. The van der Waals surface area contributed by atoms with Crippen LogP contribution in [-0.2, 0) is 9.53 Å². The standard InChI is InChI=1S/C20H32O4/c1-13(2)15(21)8-10-18(5)16(22)20-14(3)7-6-9-17(20,4)11-12-19(18,23)24-20/h13,16,22-23H,3,6-12H2,1-2,4-5H3. The molecule has 0 amide bonds. The predicted octanol–water partition coefficient (Wildman–Crippen LogP) is 3.36. The van der Waals surface area contributed by atoms with Crippen LogP contribution in [0.25, 0.3) is 0 Å². The summed E-state index contributed by atoms with van der Waals surface area (Å²) in [6.07, 6.45) is 4.12. The van der Waals surface area contributed by atoms with E-state index < -0.39 is 22.9 Å². The molecular weight excluding hydrogens is 304 g/mol. The highest BCUT2D eigenvalue weighted by Gasteiger charge is 2.76. The van der Waals surface area contributed by atoms with E-state index >= 15 is 0 Å². The number of fused-ring (bicyclic) bond motifs is 1. The topological polar surface area (TPSA) is 66.8 Å². The molecule has 4 nitrogen and oxygen atoms in total. The number of aliphatic hydroxyl groups excluding tert-OH is 1. The van der Waals surface area contributed by atoms with Crippen molar-refractivity contribution in [3.8, 4) is 0 Å². The summed E-state index contributed by atoms with van der Waals surface area (Å²) in [7, 11) is 0. The minimum Gasteiger partial charge on any atom is -0.389 e. The van der Waals surface area contributed by atoms with Gasteiger partial charge in [-0.1, -0.05) is 34.3 Å². The third-order valence-corrected chi connectivity index (χ3v) is 7.39. The number of carbonyl (C=O) groups is 1. The fourth-order valence-corrected chi connectivity index (χ4v) is 5.41. The lowest BCUT2D eigenvalue weighted by atomic mass is 9.57. The van der Waals surface area contributed by atoms with Gasteiger partial charge in [0.05, 0.1) is 11.5 Å². The van der Waals surface area contributed by atoms with Gasteiger partial charge in [-0.3, -0.25) is 4.79 Å². The van der Waals surface area contributed by atoms with Crippen LogP contribution in [0.1, 0.15) is 72.6 Å². The fraction of sp³-hybridized carbons (Fsp3) is 0.850. The van der Waals surface area contributed by atoms with Gasteiger partial charge in [0.15, 0.2) is 5.79 Å². The Bertz CT molecular complexity index is 570. The van der Waals surface area contributed by atoms with Gasteiger partial charge >= 0.3 is 0 Å². The van der Waals surface area contributed by atoms with Crippen molar-refractivity contribution in [3.63, 3.8) is 0 Å². The maximum absolute atomic E-state index is 12.1. The summed E-state index contributed by atoms with van der Waals surface area (Å²) < 4.78 is 6.31. The average molecular weight is 336 g/mol. The Morgan fingerprint density at radius 2 is 2.00 bits per heavy atom. The highest BCUT2D eigenvalue weighted by molar-refractivity contribution is 5.80. The van der Waals surface area contributed by atoms with Gasteiger partial charge in [0.1, 0.15) is 11.4 Å². The highest BCUT2D eigenvalue weighted by atomic mass is 16.7. The van der Waals surface area contributed by atoms with Crippen molar-refractivity contribution >= 4 is 5.78 Å². The molecule has 5 unspecified atom stereocenters. The zero-order valence-corrected chi connectivity index (χ0v) is 15.5. The molecule has 3 aliphatic rings. The first-order valence-electron chi connectivity index (χ1n) is 9.34. The zero-order valence-electron chi connectivity index (χ0n) is 15.5. The molecule has 2 N–H and O–H groups in total. The SMILES string of the molecule is C=C1CCCC2(C)CCC3(O)OC12C(O)C3(C)CCC(=O)C(C)C. The van der Waals surface area contributed by atoms with Gasteiger partial charge in [-0.15, -0.1) is 0 Å². The Balaban J connectivity index is 1.98. The van der Waals surface area contributed by atoms with Crippen molar-refractivity contribution in [2.24, 2.45) is 16.7 Å². The Morgan fingerprint density at radius 3 is 2.62 bits per heavy atom. The van der Waals surface area contributed by atoms with Crippen LogP contribution >= 0.6 is 0 Å². The van der Waals surface area contributed by atoms with E-state index in [0.717, 1.165) is 31.3 Å². The quantitative estimate of drug-likeness (QED) is 0.773. The first-order valence-corrected chi connectivity index (χ1v) is 9.34. The Morgan fingerprint density at radius 1 is 1.33 bits per heavy atom. The average Bonchev–Trinajstić information content (AvgIpc) is 2.67. The molecular formula is C20H32O4. The second-order valence-electron chi connectivity index (χ2n) is 9.08. The fourth-order valence-electron chi connectivity index (χ4n) is 5.41. The number of ether oxygens (including phenoxy) is 1. The van der Waals surface area contributed by atoms with Gasteiger partial charge < -0.3 is 14.9 Å². The van der Waals surface area contributed by atoms with E-state index in [2.05, 4.69) is 13.5 Å². The summed E-state index contributed by atoms with van der Waals surface area (Å²) in [5.74, 6) is -1.25. The van der Waals surface area contributed by atoms with E-state index in [0.29, 0.717) is 19.3 Å². The largest absolute Gasteiger partial charge is 0.389 e. The third-order valence-electron chi connectivity index (χ3n) is 7.39.